The van der Waals surface area contributed by atoms with Crippen molar-refractivity contribution < 1.29 is 19.1 Å². The van der Waals surface area contributed by atoms with Gasteiger partial charge in [0.05, 0.1) is 18.4 Å². The van der Waals surface area contributed by atoms with Crippen molar-refractivity contribution in [2.24, 2.45) is 0 Å². The lowest BCUT2D eigenvalue weighted by molar-refractivity contribution is -0.121. The van der Waals surface area contributed by atoms with E-state index in [9.17, 15) is 9.59 Å². The van der Waals surface area contributed by atoms with Crippen molar-refractivity contribution in [2.45, 2.75) is 23.5 Å². The van der Waals surface area contributed by atoms with Gasteiger partial charge in [-0.1, -0.05) is 25.1 Å². The number of ether oxygens (including phenoxy) is 2. The Morgan fingerprint density at radius 1 is 1.19 bits per heavy atom. The molecule has 3 rings (SSSR count). The number of rotatable bonds is 4. The maximum atomic E-state index is 12.7. The Balaban J connectivity index is 1.69. The summed E-state index contributed by atoms with van der Waals surface area (Å²) in [7, 11) is 1.53. The highest BCUT2D eigenvalue weighted by Gasteiger charge is 2.25. The van der Waals surface area contributed by atoms with Crippen LogP contribution in [0.1, 0.15) is 23.7 Å². The molecule has 0 N–H and O–H groups in total. The van der Waals surface area contributed by atoms with Crippen LogP contribution in [-0.2, 0) is 9.53 Å². The molecule has 26 heavy (non-hydrogen) atoms. The molecule has 0 fully saturated rings. The highest BCUT2D eigenvalue weighted by molar-refractivity contribution is 8.00. The van der Waals surface area contributed by atoms with E-state index in [-0.39, 0.29) is 12.5 Å². The Morgan fingerprint density at radius 2 is 2.00 bits per heavy atom. The van der Waals surface area contributed by atoms with Crippen molar-refractivity contribution in [1.82, 2.24) is 0 Å². The molecule has 5 nitrogen and oxygen atoms in total. The second-order valence-electron chi connectivity index (χ2n) is 6.04. The van der Waals surface area contributed by atoms with E-state index in [0.29, 0.717) is 23.1 Å². The van der Waals surface area contributed by atoms with Crippen molar-refractivity contribution in [3.63, 3.8) is 0 Å². The summed E-state index contributed by atoms with van der Waals surface area (Å²) >= 11 is 1.76. The number of hydrogen-bond acceptors (Lipinski definition) is 5. The number of hydrogen-bond donors (Lipinski definition) is 0. The number of fused-ring (bicyclic) bond motifs is 1. The molecule has 1 amide bonds. The summed E-state index contributed by atoms with van der Waals surface area (Å²) < 4.78 is 10.3. The predicted molar refractivity (Wildman–Crippen MR) is 102 cm³/mol. The van der Waals surface area contributed by atoms with Crippen molar-refractivity contribution in [1.29, 1.82) is 0 Å². The second-order valence-corrected chi connectivity index (χ2v) is 7.52. The van der Waals surface area contributed by atoms with Crippen LogP contribution in [0, 0.1) is 0 Å². The van der Waals surface area contributed by atoms with E-state index in [1.165, 1.54) is 7.11 Å². The smallest absolute Gasteiger partial charge is 0.338 e. The number of anilines is 1. The van der Waals surface area contributed by atoms with Gasteiger partial charge in [-0.3, -0.25) is 4.79 Å². The van der Waals surface area contributed by atoms with E-state index in [2.05, 4.69) is 6.92 Å². The lowest BCUT2D eigenvalue weighted by atomic mass is 10.2. The third-order valence-corrected chi connectivity index (χ3v) is 5.41. The molecule has 0 saturated heterocycles. The first-order valence-corrected chi connectivity index (χ1v) is 9.33. The second kappa shape index (κ2) is 8.27. The molecule has 0 aliphatic carbocycles. The van der Waals surface area contributed by atoms with Gasteiger partial charge >= 0.3 is 5.97 Å². The molecule has 0 radical (unpaired) electrons. The zero-order valence-electron chi connectivity index (χ0n) is 14.8. The van der Waals surface area contributed by atoms with Crippen molar-refractivity contribution in [3.05, 3.63) is 54.1 Å². The number of amides is 1. The summed E-state index contributed by atoms with van der Waals surface area (Å²) in [6.07, 6.45) is 0.884. The average molecular weight is 371 g/mol. The van der Waals surface area contributed by atoms with Crippen LogP contribution >= 0.6 is 11.8 Å². The first-order chi connectivity index (χ1) is 12.6. The number of carbonyl (C=O) groups is 2. The van der Waals surface area contributed by atoms with Gasteiger partial charge < -0.3 is 14.4 Å². The summed E-state index contributed by atoms with van der Waals surface area (Å²) in [5.74, 6) is -0.190. The van der Waals surface area contributed by atoms with Crippen LogP contribution in [0.2, 0.25) is 0 Å². The zero-order chi connectivity index (χ0) is 18.5. The number of benzene rings is 2. The molecule has 1 aliphatic rings. The third-order valence-electron chi connectivity index (χ3n) is 4.18. The fourth-order valence-electron chi connectivity index (χ4n) is 2.78. The lowest BCUT2D eigenvalue weighted by Gasteiger charge is -2.22. The van der Waals surface area contributed by atoms with E-state index in [1.807, 2.05) is 24.3 Å². The highest BCUT2D eigenvalue weighted by atomic mass is 32.2. The summed E-state index contributed by atoms with van der Waals surface area (Å²) in [6, 6.07) is 14.5. The molecule has 0 unspecified atom stereocenters. The fourth-order valence-corrected chi connectivity index (χ4v) is 3.90. The minimum absolute atomic E-state index is 0.219. The maximum Gasteiger partial charge on any atom is 0.338 e. The average Bonchev–Trinajstić information content (AvgIpc) is 2.84. The Bertz CT molecular complexity index is 808. The van der Waals surface area contributed by atoms with Gasteiger partial charge in [-0.05, 0) is 36.8 Å². The Morgan fingerprint density at radius 3 is 2.81 bits per heavy atom. The fraction of sp³-hybridized carbons (Fsp3) is 0.300. The van der Waals surface area contributed by atoms with Gasteiger partial charge in [-0.15, -0.1) is 11.8 Å². The molecule has 136 valence electrons. The molecule has 0 saturated carbocycles. The number of carbonyl (C=O) groups excluding carboxylic acids is 2. The van der Waals surface area contributed by atoms with E-state index in [0.717, 1.165) is 17.0 Å². The van der Waals surface area contributed by atoms with Gasteiger partial charge in [-0.2, -0.15) is 0 Å². The van der Waals surface area contributed by atoms with Gasteiger partial charge in [0.2, 0.25) is 0 Å². The summed E-state index contributed by atoms with van der Waals surface area (Å²) in [5.41, 5.74) is 1.24. The van der Waals surface area contributed by atoms with E-state index < -0.39 is 5.97 Å². The molecule has 0 bridgehead atoms. The van der Waals surface area contributed by atoms with E-state index in [1.54, 1.807) is 40.9 Å². The van der Waals surface area contributed by atoms with Crippen LogP contribution in [0.15, 0.2) is 53.4 Å². The highest BCUT2D eigenvalue weighted by Crippen LogP contribution is 2.37. The zero-order valence-corrected chi connectivity index (χ0v) is 15.6. The van der Waals surface area contributed by atoms with Gasteiger partial charge in [-0.25, -0.2) is 4.79 Å². The molecule has 0 aromatic heterocycles. The summed E-state index contributed by atoms with van der Waals surface area (Å²) in [6.45, 7) is 2.47. The quantitative estimate of drug-likeness (QED) is 0.766. The normalized spacial score (nSPS) is 16.4. The largest absolute Gasteiger partial charge is 0.497 e. The van der Waals surface area contributed by atoms with Gasteiger partial charge in [0, 0.05) is 16.7 Å². The van der Waals surface area contributed by atoms with Gasteiger partial charge in [0.1, 0.15) is 5.75 Å². The Kier molecular flexibility index (Phi) is 5.83. The molecule has 1 atom stereocenters. The molecule has 2 aromatic carbocycles. The van der Waals surface area contributed by atoms with Crippen molar-refractivity contribution >= 4 is 29.3 Å². The predicted octanol–water partition coefficient (Wildman–Crippen LogP) is 3.77. The number of esters is 1. The Labute approximate surface area is 157 Å². The number of nitrogens with zero attached hydrogens (tertiary/aromatic N) is 1. The van der Waals surface area contributed by atoms with Crippen LogP contribution < -0.4 is 9.64 Å². The van der Waals surface area contributed by atoms with Gasteiger partial charge in [0.25, 0.3) is 5.91 Å². The number of para-hydroxylation sites is 1. The molecule has 1 aliphatic heterocycles. The Hall–Kier alpha value is -2.47. The van der Waals surface area contributed by atoms with Crippen LogP contribution in [0.25, 0.3) is 0 Å². The van der Waals surface area contributed by atoms with Crippen LogP contribution in [0.5, 0.6) is 5.75 Å². The van der Waals surface area contributed by atoms with Gasteiger partial charge in [0.15, 0.2) is 6.61 Å². The minimum Gasteiger partial charge on any atom is -0.497 e. The molecular formula is C20H21NO4S. The van der Waals surface area contributed by atoms with Crippen LogP contribution in [-0.4, -0.2) is 37.4 Å². The first-order valence-electron chi connectivity index (χ1n) is 8.45. The topological polar surface area (TPSA) is 55.8 Å². The summed E-state index contributed by atoms with van der Waals surface area (Å²) in [4.78, 5) is 27.7. The van der Waals surface area contributed by atoms with E-state index >= 15 is 0 Å². The molecule has 6 heteroatoms. The molecule has 0 spiro atoms. The monoisotopic (exact) mass is 371 g/mol. The van der Waals surface area contributed by atoms with Crippen molar-refractivity contribution in [2.75, 3.05) is 25.2 Å². The molecule has 1 heterocycles. The SMILES string of the molecule is COc1cccc(C(=O)OCC(=O)N2CC[C@@H](C)Sc3ccccc32)c1. The number of thioether (sulfide) groups is 1. The number of methoxy groups -OCH3 is 1. The van der Waals surface area contributed by atoms with Crippen LogP contribution in [0.3, 0.4) is 0 Å². The van der Waals surface area contributed by atoms with E-state index in [4.69, 9.17) is 9.47 Å². The standard InChI is InChI=1S/C20H21NO4S/c1-14-10-11-21(17-8-3-4-9-18(17)26-14)19(22)13-25-20(23)15-6-5-7-16(12-15)24-2/h3-9,12,14H,10-11,13H2,1-2H3/t14-/m1/s1. The molecular weight excluding hydrogens is 350 g/mol. The summed E-state index contributed by atoms with van der Waals surface area (Å²) in [5, 5.41) is 0.424. The lowest BCUT2D eigenvalue weighted by Crippen LogP contribution is -2.35. The minimum atomic E-state index is -0.539. The first kappa shape index (κ1) is 18.3. The van der Waals surface area contributed by atoms with Crippen molar-refractivity contribution in [3.8, 4) is 5.75 Å². The molecule has 2 aromatic rings. The third kappa shape index (κ3) is 4.19. The van der Waals surface area contributed by atoms with Crippen LogP contribution in [0.4, 0.5) is 5.69 Å². The maximum absolute atomic E-state index is 12.7.